The molecule has 2 aromatic carbocycles. The first-order chi connectivity index (χ1) is 14.3. The number of epoxide rings is 1. The topological polar surface area (TPSA) is 86.0 Å². The smallest absolute Gasteiger partial charge is 0.150 e. The molecule has 0 saturated carbocycles. The van der Waals surface area contributed by atoms with Gasteiger partial charge in [-0.05, 0) is 11.6 Å². The van der Waals surface area contributed by atoms with Gasteiger partial charge in [-0.1, -0.05) is 48.5 Å². The summed E-state index contributed by atoms with van der Waals surface area (Å²) in [5.41, 5.74) is 2.16. The molecule has 3 rings (SSSR count). The Hall–Kier alpha value is -2.45. The van der Waals surface area contributed by atoms with Gasteiger partial charge in [-0.2, -0.15) is 0 Å². The molecule has 2 aromatic rings. The maximum atomic E-state index is 11.1. The highest BCUT2D eigenvalue weighted by atomic mass is 16.6. The van der Waals surface area contributed by atoms with Gasteiger partial charge in [0.15, 0.2) is 12.5 Å². The number of hydrogen-bond acceptors (Lipinski definition) is 6. The monoisotopic (exact) mass is 413 g/mol. The molecule has 2 N–H and O–H groups in total. The number of likely N-dealkylation sites (N-methyl/N-ethyl adjacent to an activating group) is 1. The fraction of sp³-hybridized carbons (Fsp3) is 0.435. The van der Waals surface area contributed by atoms with Crippen LogP contribution in [0.5, 0.6) is 5.75 Å². The number of nitrogens with zero attached hydrogens (tertiary/aromatic N) is 1. The van der Waals surface area contributed by atoms with E-state index in [-0.39, 0.29) is 24.9 Å². The lowest BCUT2D eigenvalue weighted by molar-refractivity contribution is -0.871. The summed E-state index contributed by atoms with van der Waals surface area (Å²) in [5.74, 6) is -0.227. The SMILES string of the molecule is C[N+](C)(C)C[C@@H](CC(=O)[O-])NC1OC1NCc1ccccc1OCc1ccccc1. The number of carbonyl (C=O) groups is 1. The summed E-state index contributed by atoms with van der Waals surface area (Å²) in [6, 6.07) is 17.8. The summed E-state index contributed by atoms with van der Waals surface area (Å²) in [7, 11) is 6.08. The number of quaternary nitrogens is 1. The van der Waals surface area contributed by atoms with E-state index < -0.39 is 5.97 Å². The second-order valence-corrected chi connectivity index (χ2v) is 8.65. The largest absolute Gasteiger partial charge is 0.550 e. The third kappa shape index (κ3) is 7.42. The van der Waals surface area contributed by atoms with Crippen LogP contribution in [-0.2, 0) is 22.7 Å². The Morgan fingerprint density at radius 3 is 2.50 bits per heavy atom. The summed E-state index contributed by atoms with van der Waals surface area (Å²) >= 11 is 0. The Morgan fingerprint density at radius 1 is 1.10 bits per heavy atom. The van der Waals surface area contributed by atoms with E-state index in [0.717, 1.165) is 16.9 Å². The Morgan fingerprint density at radius 2 is 1.80 bits per heavy atom. The number of nitrogens with one attached hydrogen (secondary N) is 2. The van der Waals surface area contributed by atoms with Gasteiger partial charge in [-0.25, -0.2) is 0 Å². The van der Waals surface area contributed by atoms with Crippen LogP contribution in [0.25, 0.3) is 0 Å². The summed E-state index contributed by atoms with van der Waals surface area (Å²) < 4.78 is 12.3. The lowest BCUT2D eigenvalue weighted by Crippen LogP contribution is -2.50. The van der Waals surface area contributed by atoms with Gasteiger partial charge in [0.2, 0.25) is 0 Å². The maximum absolute atomic E-state index is 11.1. The number of carboxylic acid groups (broad SMARTS) is 1. The van der Waals surface area contributed by atoms with Gasteiger partial charge < -0.3 is 23.9 Å². The van der Waals surface area contributed by atoms with Crippen molar-refractivity contribution in [2.75, 3.05) is 27.7 Å². The Balaban J connectivity index is 1.49. The molecule has 162 valence electrons. The number of aliphatic carboxylic acids is 1. The zero-order valence-corrected chi connectivity index (χ0v) is 17.8. The van der Waals surface area contributed by atoms with Crippen LogP contribution < -0.4 is 20.5 Å². The number of rotatable bonds is 12. The summed E-state index contributed by atoms with van der Waals surface area (Å²) in [6.45, 7) is 1.77. The quantitative estimate of drug-likeness (QED) is 0.396. The number of hydrogen-bond donors (Lipinski definition) is 2. The van der Waals surface area contributed by atoms with Crippen molar-refractivity contribution in [3.05, 3.63) is 65.7 Å². The summed E-state index contributed by atoms with van der Waals surface area (Å²) in [4.78, 5) is 11.1. The van der Waals surface area contributed by atoms with Crippen molar-refractivity contribution in [2.45, 2.75) is 38.1 Å². The van der Waals surface area contributed by atoms with Crippen molar-refractivity contribution in [3.8, 4) is 5.75 Å². The van der Waals surface area contributed by atoms with E-state index in [9.17, 15) is 9.90 Å². The molecule has 1 aliphatic heterocycles. The van der Waals surface area contributed by atoms with Gasteiger partial charge in [0.1, 0.15) is 12.4 Å². The molecular weight excluding hydrogens is 382 g/mol. The van der Waals surface area contributed by atoms with Crippen molar-refractivity contribution < 1.29 is 23.9 Å². The molecule has 0 aliphatic carbocycles. The fourth-order valence-electron chi connectivity index (χ4n) is 3.40. The molecule has 1 heterocycles. The average molecular weight is 414 g/mol. The van der Waals surface area contributed by atoms with Crippen molar-refractivity contribution >= 4 is 5.97 Å². The standard InChI is InChI=1S/C23H31N3O4/c1-26(2,3)15-19(13-21(27)28)25-23-22(30-23)24-14-18-11-7-8-12-20(18)29-16-17-9-5-4-6-10-17/h4-12,19,22-25H,13-16H2,1-3H3/t19-,22?,23?/m1/s1. The number of carboxylic acids is 1. The molecule has 7 nitrogen and oxygen atoms in total. The predicted octanol–water partition coefficient (Wildman–Crippen LogP) is 0.842. The number of carbonyl (C=O) groups excluding carboxylic acids is 1. The van der Waals surface area contributed by atoms with E-state index in [1.165, 1.54) is 0 Å². The van der Waals surface area contributed by atoms with Gasteiger partial charge in [0.05, 0.1) is 33.7 Å². The maximum Gasteiger partial charge on any atom is 0.150 e. The first-order valence-electron chi connectivity index (χ1n) is 10.2. The van der Waals surface area contributed by atoms with E-state index in [4.69, 9.17) is 9.47 Å². The van der Waals surface area contributed by atoms with Crippen LogP contribution >= 0.6 is 0 Å². The van der Waals surface area contributed by atoms with Gasteiger partial charge in [0.25, 0.3) is 0 Å². The lowest BCUT2D eigenvalue weighted by atomic mass is 10.2. The van der Waals surface area contributed by atoms with Crippen LogP contribution in [0.4, 0.5) is 0 Å². The molecular formula is C23H31N3O4. The minimum absolute atomic E-state index is 0.0434. The van der Waals surface area contributed by atoms with Gasteiger partial charge in [0, 0.05) is 24.5 Å². The van der Waals surface area contributed by atoms with Gasteiger partial charge in [-0.15, -0.1) is 0 Å². The minimum atomic E-state index is -1.06. The van der Waals surface area contributed by atoms with Gasteiger partial charge >= 0.3 is 0 Å². The molecule has 0 radical (unpaired) electrons. The van der Waals surface area contributed by atoms with E-state index in [1.807, 2.05) is 75.7 Å². The molecule has 1 aliphatic rings. The highest BCUT2D eigenvalue weighted by molar-refractivity contribution is 5.65. The van der Waals surface area contributed by atoms with Crippen LogP contribution in [0.2, 0.25) is 0 Å². The van der Waals surface area contributed by atoms with E-state index >= 15 is 0 Å². The van der Waals surface area contributed by atoms with Gasteiger partial charge in [-0.3, -0.25) is 10.6 Å². The summed E-state index contributed by atoms with van der Waals surface area (Å²) in [6.07, 6.45) is -0.416. The van der Waals surface area contributed by atoms with Crippen LogP contribution in [0.1, 0.15) is 17.5 Å². The van der Waals surface area contributed by atoms with E-state index in [0.29, 0.717) is 24.2 Å². The van der Waals surface area contributed by atoms with Crippen molar-refractivity contribution in [1.82, 2.24) is 10.6 Å². The Labute approximate surface area is 178 Å². The molecule has 0 aromatic heterocycles. The molecule has 7 heteroatoms. The lowest BCUT2D eigenvalue weighted by Gasteiger charge is -2.29. The fourth-order valence-corrected chi connectivity index (χ4v) is 3.40. The minimum Gasteiger partial charge on any atom is -0.550 e. The molecule has 30 heavy (non-hydrogen) atoms. The highest BCUT2D eigenvalue weighted by Gasteiger charge is 2.40. The molecule has 0 amide bonds. The number of para-hydroxylation sites is 1. The molecule has 1 saturated heterocycles. The third-order valence-corrected chi connectivity index (χ3v) is 4.78. The molecule has 1 fully saturated rings. The second-order valence-electron chi connectivity index (χ2n) is 8.65. The predicted molar refractivity (Wildman–Crippen MR) is 112 cm³/mol. The molecule has 0 spiro atoms. The zero-order chi connectivity index (χ0) is 21.6. The first kappa shape index (κ1) is 22.2. The molecule has 3 atom stereocenters. The molecule has 0 bridgehead atoms. The number of benzene rings is 2. The van der Waals surface area contributed by atoms with Crippen LogP contribution in [0.15, 0.2) is 54.6 Å². The van der Waals surface area contributed by atoms with Crippen LogP contribution in [0.3, 0.4) is 0 Å². The normalized spacial score (nSPS) is 19.3. The Bertz CT molecular complexity index is 823. The summed E-state index contributed by atoms with van der Waals surface area (Å²) in [5, 5.41) is 17.7. The zero-order valence-electron chi connectivity index (χ0n) is 17.8. The average Bonchev–Trinajstić information content (AvgIpc) is 3.42. The van der Waals surface area contributed by atoms with Crippen molar-refractivity contribution in [2.24, 2.45) is 0 Å². The first-order valence-corrected chi connectivity index (χ1v) is 10.2. The second kappa shape index (κ2) is 10.0. The van der Waals surface area contributed by atoms with Crippen LogP contribution in [0, 0.1) is 0 Å². The number of ether oxygens (including phenoxy) is 2. The van der Waals surface area contributed by atoms with E-state index in [1.54, 1.807) is 0 Å². The van der Waals surface area contributed by atoms with Crippen molar-refractivity contribution in [3.63, 3.8) is 0 Å². The van der Waals surface area contributed by atoms with Crippen LogP contribution in [-0.4, -0.2) is 56.6 Å². The highest BCUT2D eigenvalue weighted by Crippen LogP contribution is 2.23. The Kier molecular flexibility index (Phi) is 7.44. The van der Waals surface area contributed by atoms with E-state index in [2.05, 4.69) is 10.6 Å². The van der Waals surface area contributed by atoms with Crippen molar-refractivity contribution in [1.29, 1.82) is 0 Å². The molecule has 2 unspecified atom stereocenters. The third-order valence-electron chi connectivity index (χ3n) is 4.78.